The zero-order valence-corrected chi connectivity index (χ0v) is 10.3. The lowest BCUT2D eigenvalue weighted by Gasteiger charge is -2.32. The molecule has 17 heavy (non-hydrogen) atoms. The molecule has 1 aliphatic carbocycles. The highest BCUT2D eigenvalue weighted by Crippen LogP contribution is 2.25. The van der Waals surface area contributed by atoms with E-state index in [2.05, 4.69) is 40.1 Å². The summed E-state index contributed by atoms with van der Waals surface area (Å²) in [6.45, 7) is 0. The van der Waals surface area contributed by atoms with E-state index in [0.717, 1.165) is 11.5 Å². The predicted molar refractivity (Wildman–Crippen MR) is 71.4 cm³/mol. The first-order valence-electron chi connectivity index (χ1n) is 6.51. The van der Waals surface area contributed by atoms with Crippen molar-refractivity contribution in [2.45, 2.75) is 38.1 Å². The van der Waals surface area contributed by atoms with E-state index in [9.17, 15) is 0 Å². The van der Waals surface area contributed by atoms with Crippen LogP contribution in [0.5, 0.6) is 0 Å². The Morgan fingerprint density at radius 3 is 2.82 bits per heavy atom. The topological polar surface area (TPSA) is 31.9 Å². The highest BCUT2D eigenvalue weighted by atomic mass is 15.2. The van der Waals surface area contributed by atoms with Crippen LogP contribution in [0.25, 0.3) is 11.0 Å². The van der Waals surface area contributed by atoms with Gasteiger partial charge in [-0.3, -0.25) is 0 Å². The molecule has 1 fully saturated rings. The Labute approximate surface area is 102 Å². The van der Waals surface area contributed by atoms with E-state index >= 15 is 0 Å². The van der Waals surface area contributed by atoms with Gasteiger partial charge in [0.15, 0.2) is 0 Å². The Morgan fingerprint density at radius 1 is 1.18 bits per heavy atom. The number of H-pyrrole nitrogens is 1. The first-order chi connectivity index (χ1) is 8.34. The third-order valence-electron chi connectivity index (χ3n) is 3.88. The Hall–Kier alpha value is -1.51. The van der Waals surface area contributed by atoms with Gasteiger partial charge in [-0.2, -0.15) is 0 Å². The normalized spacial score (nSPS) is 17.5. The van der Waals surface area contributed by atoms with E-state index in [1.165, 1.54) is 37.5 Å². The first-order valence-corrected chi connectivity index (χ1v) is 6.51. The van der Waals surface area contributed by atoms with Gasteiger partial charge in [-0.15, -0.1) is 0 Å². The standard InChI is InChI=1S/C14H19N3/c1-17(12-5-3-2-4-6-12)13-8-7-11-9-10-15-14(11)16-13/h7-10,12H,2-6H2,1H3,(H,15,16). The van der Waals surface area contributed by atoms with Gasteiger partial charge in [0.05, 0.1) is 0 Å². The van der Waals surface area contributed by atoms with Crippen LogP contribution >= 0.6 is 0 Å². The van der Waals surface area contributed by atoms with Gasteiger partial charge in [0.2, 0.25) is 0 Å². The number of nitrogens with one attached hydrogen (secondary N) is 1. The molecule has 0 aromatic carbocycles. The van der Waals surface area contributed by atoms with Crippen LogP contribution in [0, 0.1) is 0 Å². The van der Waals surface area contributed by atoms with Crippen molar-refractivity contribution in [2.24, 2.45) is 0 Å². The molecule has 1 aliphatic rings. The molecule has 0 unspecified atom stereocenters. The van der Waals surface area contributed by atoms with Crippen molar-refractivity contribution < 1.29 is 0 Å². The number of hydrogen-bond donors (Lipinski definition) is 1. The Morgan fingerprint density at radius 2 is 2.00 bits per heavy atom. The molecule has 0 atom stereocenters. The third kappa shape index (κ3) is 2.02. The van der Waals surface area contributed by atoms with Crippen molar-refractivity contribution in [1.82, 2.24) is 9.97 Å². The molecule has 0 bridgehead atoms. The number of aromatic amines is 1. The summed E-state index contributed by atoms with van der Waals surface area (Å²) in [4.78, 5) is 10.2. The Bertz CT molecular complexity index is 497. The van der Waals surface area contributed by atoms with E-state index in [4.69, 9.17) is 0 Å². The minimum absolute atomic E-state index is 0.670. The maximum absolute atomic E-state index is 4.68. The van der Waals surface area contributed by atoms with Crippen molar-refractivity contribution in [1.29, 1.82) is 0 Å². The quantitative estimate of drug-likeness (QED) is 0.856. The molecule has 2 heterocycles. The SMILES string of the molecule is CN(c1ccc2cc[nH]c2n1)C1CCCCC1. The van der Waals surface area contributed by atoms with Crippen LogP contribution in [-0.4, -0.2) is 23.1 Å². The van der Waals surface area contributed by atoms with Crippen LogP contribution in [0.3, 0.4) is 0 Å². The molecule has 0 saturated heterocycles. The number of fused-ring (bicyclic) bond motifs is 1. The second-order valence-electron chi connectivity index (χ2n) is 4.99. The highest BCUT2D eigenvalue weighted by Gasteiger charge is 2.19. The van der Waals surface area contributed by atoms with E-state index in [-0.39, 0.29) is 0 Å². The average Bonchev–Trinajstić information content (AvgIpc) is 2.86. The monoisotopic (exact) mass is 229 g/mol. The Kier molecular flexibility index (Phi) is 2.75. The molecule has 3 rings (SSSR count). The number of nitrogens with zero attached hydrogens (tertiary/aromatic N) is 2. The van der Waals surface area contributed by atoms with Gasteiger partial charge in [0.25, 0.3) is 0 Å². The lowest BCUT2D eigenvalue weighted by atomic mass is 9.94. The van der Waals surface area contributed by atoms with Crippen LogP contribution in [0.1, 0.15) is 32.1 Å². The number of hydrogen-bond acceptors (Lipinski definition) is 2. The molecule has 1 saturated carbocycles. The van der Waals surface area contributed by atoms with Gasteiger partial charge in [-0.25, -0.2) is 4.98 Å². The van der Waals surface area contributed by atoms with Crippen molar-refractivity contribution in [3.63, 3.8) is 0 Å². The highest BCUT2D eigenvalue weighted by molar-refractivity contribution is 5.77. The van der Waals surface area contributed by atoms with Crippen LogP contribution in [0.15, 0.2) is 24.4 Å². The zero-order chi connectivity index (χ0) is 11.7. The predicted octanol–water partition coefficient (Wildman–Crippen LogP) is 3.33. The summed E-state index contributed by atoms with van der Waals surface area (Å²) < 4.78 is 0. The Balaban J connectivity index is 1.86. The van der Waals surface area contributed by atoms with Gasteiger partial charge in [0.1, 0.15) is 11.5 Å². The molecule has 0 radical (unpaired) electrons. The van der Waals surface area contributed by atoms with E-state index in [1.807, 2.05) is 6.20 Å². The fraction of sp³-hybridized carbons (Fsp3) is 0.500. The molecule has 3 nitrogen and oxygen atoms in total. The number of aromatic nitrogens is 2. The summed E-state index contributed by atoms with van der Waals surface area (Å²) in [5, 5.41) is 1.19. The summed E-state index contributed by atoms with van der Waals surface area (Å²) in [6, 6.07) is 7.01. The van der Waals surface area contributed by atoms with Gasteiger partial charge < -0.3 is 9.88 Å². The van der Waals surface area contributed by atoms with E-state index < -0.39 is 0 Å². The summed E-state index contributed by atoms with van der Waals surface area (Å²) >= 11 is 0. The maximum atomic E-state index is 4.68. The van der Waals surface area contributed by atoms with Gasteiger partial charge in [0, 0.05) is 24.7 Å². The van der Waals surface area contributed by atoms with E-state index in [0.29, 0.717) is 6.04 Å². The number of anilines is 1. The summed E-state index contributed by atoms with van der Waals surface area (Å²) in [7, 11) is 2.17. The first kappa shape index (κ1) is 10.6. The summed E-state index contributed by atoms with van der Waals surface area (Å²) in [6.07, 6.45) is 8.68. The molecule has 90 valence electrons. The lowest BCUT2D eigenvalue weighted by Crippen LogP contribution is -2.33. The van der Waals surface area contributed by atoms with Crippen molar-refractivity contribution in [2.75, 3.05) is 11.9 Å². The molecular formula is C14H19N3. The van der Waals surface area contributed by atoms with Crippen molar-refractivity contribution in [3.8, 4) is 0 Å². The van der Waals surface area contributed by atoms with Crippen LogP contribution in [0.2, 0.25) is 0 Å². The summed E-state index contributed by atoms with van der Waals surface area (Å²) in [5.74, 6) is 1.09. The molecule has 3 heteroatoms. The van der Waals surface area contributed by atoms with Crippen LogP contribution in [-0.2, 0) is 0 Å². The zero-order valence-electron chi connectivity index (χ0n) is 10.3. The second-order valence-corrected chi connectivity index (χ2v) is 4.99. The minimum atomic E-state index is 0.670. The molecule has 2 aromatic heterocycles. The minimum Gasteiger partial charge on any atom is -0.357 e. The maximum Gasteiger partial charge on any atom is 0.139 e. The lowest BCUT2D eigenvalue weighted by molar-refractivity contribution is 0.426. The fourth-order valence-corrected chi connectivity index (χ4v) is 2.77. The summed E-state index contributed by atoms with van der Waals surface area (Å²) in [5.41, 5.74) is 0.991. The van der Waals surface area contributed by atoms with Gasteiger partial charge >= 0.3 is 0 Å². The molecule has 0 amide bonds. The second kappa shape index (κ2) is 4.40. The van der Waals surface area contributed by atoms with Crippen LogP contribution in [0.4, 0.5) is 5.82 Å². The molecular weight excluding hydrogens is 210 g/mol. The van der Waals surface area contributed by atoms with E-state index in [1.54, 1.807) is 0 Å². The average molecular weight is 229 g/mol. The fourth-order valence-electron chi connectivity index (χ4n) is 2.77. The number of rotatable bonds is 2. The van der Waals surface area contributed by atoms with Crippen LogP contribution < -0.4 is 4.90 Å². The van der Waals surface area contributed by atoms with Crippen molar-refractivity contribution >= 4 is 16.9 Å². The van der Waals surface area contributed by atoms with Gasteiger partial charge in [-0.1, -0.05) is 19.3 Å². The smallest absolute Gasteiger partial charge is 0.139 e. The van der Waals surface area contributed by atoms with Crippen molar-refractivity contribution in [3.05, 3.63) is 24.4 Å². The third-order valence-corrected chi connectivity index (χ3v) is 3.88. The number of pyridine rings is 1. The van der Waals surface area contributed by atoms with Gasteiger partial charge in [-0.05, 0) is 31.0 Å². The molecule has 2 aromatic rings. The molecule has 0 aliphatic heterocycles. The molecule has 1 N–H and O–H groups in total. The largest absolute Gasteiger partial charge is 0.357 e. The molecule has 0 spiro atoms.